The van der Waals surface area contributed by atoms with Gasteiger partial charge in [-0.1, -0.05) is 20.8 Å². The van der Waals surface area contributed by atoms with Crippen LogP contribution in [-0.4, -0.2) is 50.1 Å². The Morgan fingerprint density at radius 1 is 1.41 bits per heavy atom. The van der Waals surface area contributed by atoms with Gasteiger partial charge in [-0.3, -0.25) is 4.90 Å². The topological polar surface area (TPSA) is 71.5 Å². The monoisotopic (exact) mass is 325 g/mol. The number of hydrogen-bond donors (Lipinski definition) is 1. The van der Waals surface area contributed by atoms with Crippen LogP contribution in [0.25, 0.3) is 0 Å². The summed E-state index contributed by atoms with van der Waals surface area (Å²) in [6.45, 7) is 8.96. The molecule has 1 fully saturated rings. The third kappa shape index (κ3) is 3.26. The van der Waals surface area contributed by atoms with Crippen molar-refractivity contribution in [3.8, 4) is 5.88 Å². The minimum absolute atomic E-state index is 0.130. The molecule has 1 saturated heterocycles. The fraction of sp³-hybridized carbons (Fsp3) is 0.667. The first-order chi connectivity index (χ1) is 10.2. The highest BCUT2D eigenvalue weighted by Gasteiger charge is 2.41. The molecule has 1 N–H and O–H groups in total. The Balaban J connectivity index is 1.77. The van der Waals surface area contributed by atoms with Crippen LogP contribution >= 0.6 is 0 Å². The van der Waals surface area contributed by atoms with Gasteiger partial charge in [-0.25, -0.2) is 18.1 Å². The van der Waals surface area contributed by atoms with Crippen molar-refractivity contribution in [1.29, 1.82) is 0 Å². The molecule has 2 unspecified atom stereocenters. The van der Waals surface area contributed by atoms with Crippen molar-refractivity contribution in [3.63, 3.8) is 0 Å². The molecule has 0 aromatic carbocycles. The molecule has 0 amide bonds. The van der Waals surface area contributed by atoms with Gasteiger partial charge >= 0.3 is 0 Å². The lowest BCUT2D eigenvalue weighted by atomic mass is 9.92. The Morgan fingerprint density at radius 3 is 2.91 bits per heavy atom. The summed E-state index contributed by atoms with van der Waals surface area (Å²) < 4.78 is 33.5. The third-order valence-electron chi connectivity index (χ3n) is 4.12. The number of nitrogens with zero attached hydrogens (tertiary/aromatic N) is 2. The number of aromatic nitrogens is 1. The summed E-state index contributed by atoms with van der Waals surface area (Å²) in [6.07, 6.45) is 2.43. The molecular weight excluding hydrogens is 302 g/mol. The standard InChI is InChI=1S/C15H23N3O3S/c1-15(2,3)6-8-18-9-11-12(10-18)21-14-13(5-4-7-16-14)22(19,20)17-11/h4-5,7,11-12,17H,6,8-10H2,1-3H3. The molecule has 122 valence electrons. The molecule has 22 heavy (non-hydrogen) atoms. The first kappa shape index (κ1) is 15.7. The van der Waals surface area contributed by atoms with Gasteiger partial charge in [0, 0.05) is 19.3 Å². The van der Waals surface area contributed by atoms with Crippen molar-refractivity contribution in [1.82, 2.24) is 14.6 Å². The van der Waals surface area contributed by atoms with Crippen molar-refractivity contribution >= 4 is 10.0 Å². The van der Waals surface area contributed by atoms with Crippen LogP contribution < -0.4 is 9.46 Å². The molecule has 2 aliphatic heterocycles. The van der Waals surface area contributed by atoms with Crippen molar-refractivity contribution in [3.05, 3.63) is 18.3 Å². The van der Waals surface area contributed by atoms with Crippen LogP contribution in [-0.2, 0) is 10.0 Å². The summed E-state index contributed by atoms with van der Waals surface area (Å²) in [7, 11) is -3.56. The summed E-state index contributed by atoms with van der Waals surface area (Å²) >= 11 is 0. The van der Waals surface area contributed by atoms with Crippen LogP contribution in [0.2, 0.25) is 0 Å². The largest absolute Gasteiger partial charge is 0.470 e. The van der Waals surface area contributed by atoms with Gasteiger partial charge in [0.1, 0.15) is 11.0 Å². The van der Waals surface area contributed by atoms with Gasteiger partial charge in [-0.15, -0.1) is 0 Å². The lowest BCUT2D eigenvalue weighted by Crippen LogP contribution is -2.42. The van der Waals surface area contributed by atoms with Crippen LogP contribution in [0.15, 0.2) is 23.2 Å². The van der Waals surface area contributed by atoms with E-state index in [1.54, 1.807) is 12.3 Å². The van der Waals surface area contributed by atoms with E-state index in [4.69, 9.17) is 4.74 Å². The Labute approximate surface area is 131 Å². The van der Waals surface area contributed by atoms with Crippen LogP contribution in [0.3, 0.4) is 0 Å². The smallest absolute Gasteiger partial charge is 0.246 e. The van der Waals surface area contributed by atoms with E-state index in [1.165, 1.54) is 6.07 Å². The van der Waals surface area contributed by atoms with Crippen molar-refractivity contribution in [2.75, 3.05) is 19.6 Å². The summed E-state index contributed by atoms with van der Waals surface area (Å²) in [5.74, 6) is 0.208. The van der Waals surface area contributed by atoms with Crippen LogP contribution in [0.5, 0.6) is 5.88 Å². The molecule has 6 nitrogen and oxygen atoms in total. The molecule has 0 aliphatic carbocycles. The van der Waals surface area contributed by atoms with Gasteiger partial charge in [0.15, 0.2) is 0 Å². The molecule has 2 aliphatic rings. The average Bonchev–Trinajstić information content (AvgIpc) is 2.73. The first-order valence-electron chi connectivity index (χ1n) is 7.61. The highest BCUT2D eigenvalue weighted by molar-refractivity contribution is 7.89. The van der Waals surface area contributed by atoms with Gasteiger partial charge in [0.05, 0.1) is 6.04 Å². The molecule has 7 heteroatoms. The maximum absolute atomic E-state index is 12.4. The van der Waals surface area contributed by atoms with Gasteiger partial charge in [-0.2, -0.15) is 0 Å². The summed E-state index contributed by atoms with van der Waals surface area (Å²) in [5.41, 5.74) is 0.263. The average molecular weight is 325 g/mol. The molecule has 1 aromatic heterocycles. The minimum atomic E-state index is -3.56. The zero-order valence-electron chi connectivity index (χ0n) is 13.2. The Kier molecular flexibility index (Phi) is 3.91. The normalized spacial score (nSPS) is 27.6. The maximum Gasteiger partial charge on any atom is 0.246 e. The second-order valence-electron chi connectivity index (χ2n) is 7.26. The molecule has 0 radical (unpaired) electrons. The third-order valence-corrected chi connectivity index (χ3v) is 5.62. The predicted octanol–water partition coefficient (Wildman–Crippen LogP) is 1.24. The molecule has 3 heterocycles. The molecule has 2 atom stereocenters. The zero-order chi connectivity index (χ0) is 16.0. The van der Waals surface area contributed by atoms with E-state index < -0.39 is 10.0 Å². The van der Waals surface area contributed by atoms with Gasteiger partial charge in [0.25, 0.3) is 0 Å². The number of pyridine rings is 1. The van der Waals surface area contributed by atoms with Crippen LogP contribution in [0.1, 0.15) is 27.2 Å². The van der Waals surface area contributed by atoms with E-state index in [-0.39, 0.29) is 28.3 Å². The quantitative estimate of drug-likeness (QED) is 0.886. The van der Waals surface area contributed by atoms with Crippen molar-refractivity contribution in [2.24, 2.45) is 5.41 Å². The minimum Gasteiger partial charge on any atom is -0.470 e. The number of ether oxygens (including phenoxy) is 1. The number of rotatable bonds is 2. The molecule has 3 rings (SSSR count). The Morgan fingerprint density at radius 2 is 2.18 bits per heavy atom. The summed E-state index contributed by atoms with van der Waals surface area (Å²) in [5, 5.41) is 0. The molecule has 1 aromatic rings. The van der Waals surface area contributed by atoms with Crippen LogP contribution in [0.4, 0.5) is 0 Å². The Hall–Kier alpha value is -1.18. The number of hydrogen-bond acceptors (Lipinski definition) is 5. The summed E-state index contributed by atoms with van der Waals surface area (Å²) in [6, 6.07) is 2.92. The number of sulfonamides is 1. The fourth-order valence-corrected chi connectivity index (χ4v) is 4.18. The Bertz CT molecular complexity index is 654. The number of nitrogens with one attached hydrogen (secondary N) is 1. The lowest BCUT2D eigenvalue weighted by molar-refractivity contribution is 0.173. The van der Waals surface area contributed by atoms with Crippen molar-refractivity contribution in [2.45, 2.75) is 44.2 Å². The van der Waals surface area contributed by atoms with Gasteiger partial charge in [0.2, 0.25) is 15.9 Å². The molecular formula is C15H23N3O3S. The second-order valence-corrected chi connectivity index (χ2v) is 8.94. The second kappa shape index (κ2) is 5.47. The van der Waals surface area contributed by atoms with Crippen LogP contribution in [0, 0.1) is 5.41 Å². The number of fused-ring (bicyclic) bond motifs is 2. The van der Waals surface area contributed by atoms with Crippen molar-refractivity contribution < 1.29 is 13.2 Å². The molecule has 0 spiro atoms. The van der Waals surface area contributed by atoms with E-state index >= 15 is 0 Å². The predicted molar refractivity (Wildman–Crippen MR) is 83.3 cm³/mol. The first-order valence-corrected chi connectivity index (χ1v) is 9.09. The molecule has 0 bridgehead atoms. The number of likely N-dealkylation sites (tertiary alicyclic amines) is 1. The van der Waals surface area contributed by atoms with Gasteiger partial charge < -0.3 is 4.74 Å². The van der Waals surface area contributed by atoms with E-state index in [1.807, 2.05) is 0 Å². The zero-order valence-corrected chi connectivity index (χ0v) is 14.1. The lowest BCUT2D eigenvalue weighted by Gasteiger charge is -2.23. The fourth-order valence-electron chi connectivity index (χ4n) is 2.84. The van der Waals surface area contributed by atoms with E-state index in [2.05, 4.69) is 35.4 Å². The van der Waals surface area contributed by atoms with Gasteiger partial charge in [-0.05, 0) is 30.5 Å². The maximum atomic E-state index is 12.4. The van der Waals surface area contributed by atoms with E-state index in [0.717, 1.165) is 19.5 Å². The summed E-state index contributed by atoms with van der Waals surface area (Å²) in [4.78, 5) is 6.48. The highest BCUT2D eigenvalue weighted by atomic mass is 32.2. The van der Waals surface area contributed by atoms with E-state index in [9.17, 15) is 8.42 Å². The van der Waals surface area contributed by atoms with E-state index in [0.29, 0.717) is 6.54 Å². The highest BCUT2D eigenvalue weighted by Crippen LogP contribution is 2.29. The SMILES string of the molecule is CC(C)(C)CCN1CC2NS(=O)(=O)c3cccnc3OC2C1. The molecule has 0 saturated carbocycles.